The summed E-state index contributed by atoms with van der Waals surface area (Å²) in [7, 11) is 0. The SMILES string of the molecule is Cc1nc(Oc2ccccc2)ccc1N1C(=O)Nc2c(C(=O)N[C@@H]3CCOC3)sc3nccc1c23. The van der Waals surface area contributed by atoms with Gasteiger partial charge in [-0.15, -0.1) is 11.3 Å². The van der Waals surface area contributed by atoms with E-state index in [0.29, 0.717) is 57.3 Å². The second-order valence-corrected chi connectivity index (χ2v) is 9.28. The number of carbonyl (C=O) groups is 2. The summed E-state index contributed by atoms with van der Waals surface area (Å²) >= 11 is 1.26. The van der Waals surface area contributed by atoms with Gasteiger partial charge in [-0.2, -0.15) is 0 Å². The van der Waals surface area contributed by atoms with Crippen molar-refractivity contribution in [1.82, 2.24) is 15.3 Å². The number of benzene rings is 1. The molecule has 1 fully saturated rings. The van der Waals surface area contributed by atoms with E-state index in [2.05, 4.69) is 20.6 Å². The number of urea groups is 1. The van der Waals surface area contributed by atoms with Crippen molar-refractivity contribution in [3.63, 3.8) is 0 Å². The van der Waals surface area contributed by atoms with Crippen LogP contribution in [0.2, 0.25) is 0 Å². The number of anilines is 3. The number of nitrogens with zero attached hydrogens (tertiary/aromatic N) is 3. The van der Waals surface area contributed by atoms with Crippen molar-refractivity contribution < 1.29 is 19.1 Å². The highest BCUT2D eigenvalue weighted by molar-refractivity contribution is 7.21. The van der Waals surface area contributed by atoms with Gasteiger partial charge in [-0.3, -0.25) is 9.69 Å². The maximum Gasteiger partial charge on any atom is 0.331 e. The van der Waals surface area contributed by atoms with Crippen LogP contribution in [0.1, 0.15) is 21.8 Å². The molecule has 0 saturated carbocycles. The van der Waals surface area contributed by atoms with Gasteiger partial charge in [0.05, 0.1) is 40.8 Å². The number of hydrogen-bond donors (Lipinski definition) is 2. The zero-order chi connectivity index (χ0) is 23.9. The van der Waals surface area contributed by atoms with Crippen molar-refractivity contribution in [1.29, 1.82) is 0 Å². The molecule has 5 heterocycles. The van der Waals surface area contributed by atoms with Crippen LogP contribution in [-0.2, 0) is 4.74 Å². The molecule has 2 N–H and O–H groups in total. The number of pyridine rings is 2. The summed E-state index contributed by atoms with van der Waals surface area (Å²) in [6.07, 6.45) is 2.41. The zero-order valence-electron chi connectivity index (χ0n) is 18.8. The van der Waals surface area contributed by atoms with E-state index in [1.807, 2.05) is 37.3 Å². The Balaban J connectivity index is 1.36. The first kappa shape index (κ1) is 21.5. The second kappa shape index (κ2) is 8.64. The van der Waals surface area contributed by atoms with Crippen LogP contribution >= 0.6 is 11.3 Å². The van der Waals surface area contributed by atoms with Crippen molar-refractivity contribution >= 4 is 50.6 Å². The van der Waals surface area contributed by atoms with E-state index in [1.165, 1.54) is 11.3 Å². The molecule has 0 unspecified atom stereocenters. The van der Waals surface area contributed by atoms with Crippen molar-refractivity contribution in [2.75, 3.05) is 23.4 Å². The lowest BCUT2D eigenvalue weighted by atomic mass is 10.1. The third-order valence-electron chi connectivity index (χ3n) is 5.96. The quantitative estimate of drug-likeness (QED) is 0.411. The molecule has 6 rings (SSSR count). The number of para-hydroxylation sites is 1. The van der Waals surface area contributed by atoms with Crippen molar-refractivity contribution in [3.8, 4) is 11.6 Å². The number of amides is 3. The fourth-order valence-corrected chi connectivity index (χ4v) is 5.34. The molecule has 3 aromatic heterocycles. The van der Waals surface area contributed by atoms with Crippen LogP contribution in [0.25, 0.3) is 10.2 Å². The van der Waals surface area contributed by atoms with Gasteiger partial charge in [0.2, 0.25) is 5.88 Å². The van der Waals surface area contributed by atoms with Gasteiger partial charge >= 0.3 is 6.03 Å². The number of hydrogen-bond acceptors (Lipinski definition) is 7. The molecule has 1 aromatic carbocycles. The van der Waals surface area contributed by atoms with Gasteiger partial charge in [-0.05, 0) is 37.6 Å². The maximum absolute atomic E-state index is 13.3. The third kappa shape index (κ3) is 3.86. The van der Waals surface area contributed by atoms with E-state index >= 15 is 0 Å². The van der Waals surface area contributed by atoms with E-state index < -0.39 is 0 Å². The Bertz CT molecular complexity index is 1450. The Labute approximate surface area is 204 Å². The summed E-state index contributed by atoms with van der Waals surface area (Å²) in [6, 6.07) is 14.3. The first-order valence-corrected chi connectivity index (χ1v) is 12.0. The maximum atomic E-state index is 13.3. The molecule has 1 atom stereocenters. The van der Waals surface area contributed by atoms with Crippen LogP contribution in [0.15, 0.2) is 54.7 Å². The Kier molecular flexibility index (Phi) is 5.31. The normalized spacial score (nSPS) is 16.9. The number of rotatable bonds is 5. The van der Waals surface area contributed by atoms with Crippen LogP contribution in [0.3, 0.4) is 0 Å². The molecule has 0 spiro atoms. The topological polar surface area (TPSA) is 106 Å². The largest absolute Gasteiger partial charge is 0.439 e. The molecule has 0 aliphatic carbocycles. The number of aromatic nitrogens is 2. The lowest BCUT2D eigenvalue weighted by Crippen LogP contribution is -2.37. The molecular formula is C25H21N5O4S. The first-order valence-electron chi connectivity index (χ1n) is 11.2. The molecule has 3 amide bonds. The minimum atomic E-state index is -0.372. The van der Waals surface area contributed by atoms with E-state index in [1.54, 1.807) is 29.3 Å². The molecule has 2 aliphatic heterocycles. The molecule has 0 radical (unpaired) electrons. The molecule has 0 bridgehead atoms. The average Bonchev–Trinajstić information content (AvgIpc) is 3.50. The fraction of sp³-hybridized carbons (Fsp3) is 0.200. The van der Waals surface area contributed by atoms with Gasteiger partial charge in [0.15, 0.2) is 0 Å². The molecule has 2 aliphatic rings. The first-order chi connectivity index (χ1) is 17.1. The minimum Gasteiger partial charge on any atom is -0.439 e. The number of thiophene rings is 1. The van der Waals surface area contributed by atoms with Crippen LogP contribution in [-0.4, -0.2) is 41.2 Å². The molecule has 176 valence electrons. The zero-order valence-corrected chi connectivity index (χ0v) is 19.6. The number of nitrogens with one attached hydrogen (secondary N) is 2. The van der Waals surface area contributed by atoms with Gasteiger partial charge in [0.25, 0.3) is 5.91 Å². The number of aryl methyl sites for hydroxylation is 1. The van der Waals surface area contributed by atoms with E-state index in [9.17, 15) is 9.59 Å². The summed E-state index contributed by atoms with van der Waals surface area (Å²) < 4.78 is 11.2. The van der Waals surface area contributed by atoms with Gasteiger partial charge < -0.3 is 20.1 Å². The molecule has 1 saturated heterocycles. The summed E-state index contributed by atoms with van der Waals surface area (Å²) in [5, 5.41) is 6.64. The highest BCUT2D eigenvalue weighted by Gasteiger charge is 2.34. The third-order valence-corrected chi connectivity index (χ3v) is 7.05. The predicted octanol–water partition coefficient (Wildman–Crippen LogP) is 4.99. The van der Waals surface area contributed by atoms with E-state index in [0.717, 1.165) is 11.8 Å². The highest BCUT2D eigenvalue weighted by Crippen LogP contribution is 2.46. The Morgan fingerprint density at radius 3 is 2.83 bits per heavy atom. The molecule has 10 heteroatoms. The van der Waals surface area contributed by atoms with Crippen molar-refractivity contribution in [3.05, 3.63) is 65.3 Å². The summed E-state index contributed by atoms with van der Waals surface area (Å²) in [5.74, 6) is 0.871. The molecule has 35 heavy (non-hydrogen) atoms. The van der Waals surface area contributed by atoms with Crippen LogP contribution in [0, 0.1) is 6.92 Å². The second-order valence-electron chi connectivity index (χ2n) is 8.29. The summed E-state index contributed by atoms with van der Waals surface area (Å²) in [4.78, 5) is 38.0. The predicted molar refractivity (Wildman–Crippen MR) is 133 cm³/mol. The molecular weight excluding hydrogens is 466 g/mol. The Morgan fingerprint density at radius 2 is 2.06 bits per heavy atom. The van der Waals surface area contributed by atoms with E-state index in [4.69, 9.17) is 9.47 Å². The van der Waals surface area contributed by atoms with Crippen molar-refractivity contribution in [2.45, 2.75) is 19.4 Å². The van der Waals surface area contributed by atoms with Crippen LogP contribution in [0.4, 0.5) is 21.9 Å². The smallest absolute Gasteiger partial charge is 0.331 e. The van der Waals surface area contributed by atoms with E-state index in [-0.39, 0.29) is 18.0 Å². The van der Waals surface area contributed by atoms with Crippen LogP contribution < -0.4 is 20.3 Å². The summed E-state index contributed by atoms with van der Waals surface area (Å²) in [6.45, 7) is 2.95. The highest BCUT2D eigenvalue weighted by atomic mass is 32.1. The molecule has 9 nitrogen and oxygen atoms in total. The van der Waals surface area contributed by atoms with Gasteiger partial charge in [-0.1, -0.05) is 18.2 Å². The fourth-order valence-electron chi connectivity index (χ4n) is 4.32. The van der Waals surface area contributed by atoms with Gasteiger partial charge in [-0.25, -0.2) is 14.8 Å². The number of ether oxygens (including phenoxy) is 2. The molecule has 4 aromatic rings. The van der Waals surface area contributed by atoms with Crippen molar-refractivity contribution in [2.24, 2.45) is 0 Å². The minimum absolute atomic E-state index is 0.0338. The monoisotopic (exact) mass is 487 g/mol. The number of carbonyl (C=O) groups excluding carboxylic acids is 2. The van der Waals surface area contributed by atoms with Gasteiger partial charge in [0.1, 0.15) is 15.5 Å². The van der Waals surface area contributed by atoms with Gasteiger partial charge in [0, 0.05) is 18.9 Å². The Hall–Kier alpha value is -4.02. The lowest BCUT2D eigenvalue weighted by molar-refractivity contribution is 0.0935. The Morgan fingerprint density at radius 1 is 1.20 bits per heavy atom. The van der Waals surface area contributed by atoms with Crippen LogP contribution in [0.5, 0.6) is 11.6 Å². The lowest BCUT2D eigenvalue weighted by Gasteiger charge is -2.29. The standard InChI is InChI=1S/C25H21N5O4S/c1-14-17(7-8-19(27-14)34-16-5-3-2-4-6-16)30-18-9-11-26-24-20(18)21(29-25(30)32)22(35-24)23(31)28-15-10-12-33-13-15/h2-9,11,15H,10,12-13H2,1H3,(H,28,31)(H,29,32)/t15-/m1/s1. The summed E-state index contributed by atoms with van der Waals surface area (Å²) in [5.41, 5.74) is 2.37. The average molecular weight is 488 g/mol.